The van der Waals surface area contributed by atoms with E-state index in [0.29, 0.717) is 17.5 Å². The Morgan fingerprint density at radius 2 is 2.30 bits per heavy atom. The Hall–Kier alpha value is -1.20. The van der Waals surface area contributed by atoms with Crippen LogP contribution in [0.3, 0.4) is 0 Å². The summed E-state index contributed by atoms with van der Waals surface area (Å²) in [7, 11) is 0. The second-order valence-corrected chi connectivity index (χ2v) is 6.03. The van der Waals surface area contributed by atoms with E-state index in [1.165, 1.54) is 6.07 Å². The molecule has 1 aliphatic rings. The summed E-state index contributed by atoms with van der Waals surface area (Å²) in [4.78, 5) is 2.83. The van der Waals surface area contributed by atoms with Crippen LogP contribution in [0.1, 0.15) is 25.8 Å². The van der Waals surface area contributed by atoms with Crippen molar-refractivity contribution in [3.05, 3.63) is 29.6 Å². The Balaban J connectivity index is 1.94. The molecule has 2 N–H and O–H groups in total. The summed E-state index contributed by atoms with van der Waals surface area (Å²) in [6.45, 7) is 5.91. The van der Waals surface area contributed by atoms with Gasteiger partial charge in [-0.3, -0.25) is 4.90 Å². The van der Waals surface area contributed by atoms with Crippen LogP contribution in [0.15, 0.2) is 18.2 Å². The van der Waals surface area contributed by atoms with Gasteiger partial charge >= 0.3 is 0 Å². The van der Waals surface area contributed by atoms with Gasteiger partial charge in [0.05, 0.1) is 4.99 Å². The fraction of sp³-hybridized carbons (Fsp3) is 0.533. The predicted octanol–water partition coefficient (Wildman–Crippen LogP) is 2.52. The maximum Gasteiger partial charge on any atom is 0.123 e. The van der Waals surface area contributed by atoms with Crippen LogP contribution >= 0.6 is 12.2 Å². The van der Waals surface area contributed by atoms with Crippen LogP contribution in [-0.2, 0) is 6.42 Å². The largest absolute Gasteiger partial charge is 0.488 e. The zero-order chi connectivity index (χ0) is 14.7. The molecule has 0 bridgehead atoms. The fourth-order valence-electron chi connectivity index (χ4n) is 2.47. The van der Waals surface area contributed by atoms with Crippen LogP contribution in [0, 0.1) is 5.82 Å². The Kier molecular flexibility index (Phi) is 4.94. The molecule has 0 saturated heterocycles. The van der Waals surface area contributed by atoms with Gasteiger partial charge in [0.15, 0.2) is 0 Å². The van der Waals surface area contributed by atoms with Gasteiger partial charge in [0.2, 0.25) is 0 Å². The normalized spacial score (nSPS) is 17.4. The van der Waals surface area contributed by atoms with E-state index in [1.54, 1.807) is 12.1 Å². The minimum atomic E-state index is -0.206. The maximum absolute atomic E-state index is 13.2. The van der Waals surface area contributed by atoms with Crippen LogP contribution in [0.4, 0.5) is 4.39 Å². The first-order chi connectivity index (χ1) is 9.45. The zero-order valence-electron chi connectivity index (χ0n) is 11.9. The number of ether oxygens (including phenoxy) is 1. The van der Waals surface area contributed by atoms with E-state index in [2.05, 4.69) is 18.7 Å². The van der Waals surface area contributed by atoms with Gasteiger partial charge in [0, 0.05) is 37.5 Å². The Morgan fingerprint density at radius 1 is 1.55 bits per heavy atom. The van der Waals surface area contributed by atoms with Crippen molar-refractivity contribution in [3.63, 3.8) is 0 Å². The average Bonchev–Trinajstić information content (AvgIpc) is 2.75. The van der Waals surface area contributed by atoms with Crippen molar-refractivity contribution in [2.75, 3.05) is 13.1 Å². The third kappa shape index (κ3) is 3.90. The fourth-order valence-corrected chi connectivity index (χ4v) is 2.56. The predicted molar refractivity (Wildman–Crippen MR) is 82.6 cm³/mol. The zero-order valence-corrected chi connectivity index (χ0v) is 12.8. The molecule has 0 saturated carbocycles. The highest BCUT2D eigenvalue weighted by molar-refractivity contribution is 7.80. The first kappa shape index (κ1) is 15.2. The van der Waals surface area contributed by atoms with Crippen molar-refractivity contribution in [2.24, 2.45) is 5.73 Å². The topological polar surface area (TPSA) is 38.5 Å². The number of nitrogens with zero attached hydrogens (tertiary/aromatic N) is 1. The summed E-state index contributed by atoms with van der Waals surface area (Å²) in [5.74, 6) is 0.594. The first-order valence-electron chi connectivity index (χ1n) is 6.93. The Morgan fingerprint density at radius 3 is 2.95 bits per heavy atom. The van der Waals surface area contributed by atoms with E-state index in [9.17, 15) is 4.39 Å². The van der Waals surface area contributed by atoms with Crippen molar-refractivity contribution in [1.29, 1.82) is 0 Å². The summed E-state index contributed by atoms with van der Waals surface area (Å²) < 4.78 is 19.1. The average molecular weight is 296 g/mol. The molecule has 20 heavy (non-hydrogen) atoms. The minimum absolute atomic E-state index is 0.0699. The summed E-state index contributed by atoms with van der Waals surface area (Å²) in [5, 5.41) is 0. The van der Waals surface area contributed by atoms with Crippen LogP contribution in [0.5, 0.6) is 5.75 Å². The van der Waals surface area contributed by atoms with Gasteiger partial charge in [-0.15, -0.1) is 0 Å². The highest BCUT2D eigenvalue weighted by Crippen LogP contribution is 2.29. The second kappa shape index (κ2) is 6.50. The number of thiocarbonyl (C=S) groups is 1. The lowest BCUT2D eigenvalue weighted by Crippen LogP contribution is -2.40. The minimum Gasteiger partial charge on any atom is -0.488 e. The molecule has 0 radical (unpaired) electrons. The molecule has 0 amide bonds. The smallest absolute Gasteiger partial charge is 0.123 e. The van der Waals surface area contributed by atoms with E-state index >= 15 is 0 Å². The Labute approximate surface area is 124 Å². The molecule has 0 aromatic heterocycles. The van der Waals surface area contributed by atoms with Crippen molar-refractivity contribution < 1.29 is 9.13 Å². The number of benzene rings is 1. The molecule has 1 aromatic carbocycles. The van der Waals surface area contributed by atoms with E-state index in [-0.39, 0.29) is 11.9 Å². The molecule has 1 unspecified atom stereocenters. The lowest BCUT2D eigenvalue weighted by Gasteiger charge is -2.28. The number of hydrogen-bond donors (Lipinski definition) is 1. The van der Waals surface area contributed by atoms with E-state index in [1.807, 2.05) is 0 Å². The molecular weight excluding hydrogens is 275 g/mol. The molecule has 1 heterocycles. The molecule has 1 atom stereocenters. The molecule has 2 rings (SSSR count). The number of fused-ring (bicyclic) bond motifs is 1. The molecule has 0 aliphatic carbocycles. The van der Waals surface area contributed by atoms with Crippen molar-refractivity contribution in [2.45, 2.75) is 38.8 Å². The molecule has 5 heteroatoms. The van der Waals surface area contributed by atoms with Gasteiger partial charge in [-0.2, -0.15) is 0 Å². The Bertz CT molecular complexity index is 493. The lowest BCUT2D eigenvalue weighted by atomic mass is 10.1. The van der Waals surface area contributed by atoms with E-state index < -0.39 is 0 Å². The van der Waals surface area contributed by atoms with Gasteiger partial charge in [0.25, 0.3) is 0 Å². The van der Waals surface area contributed by atoms with E-state index in [0.717, 1.165) is 30.8 Å². The third-order valence-electron chi connectivity index (χ3n) is 3.58. The van der Waals surface area contributed by atoms with Crippen LogP contribution in [0.2, 0.25) is 0 Å². The van der Waals surface area contributed by atoms with Crippen LogP contribution < -0.4 is 10.5 Å². The van der Waals surface area contributed by atoms with Gasteiger partial charge in [-0.25, -0.2) is 4.39 Å². The monoisotopic (exact) mass is 296 g/mol. The quantitative estimate of drug-likeness (QED) is 0.819. The third-order valence-corrected chi connectivity index (χ3v) is 3.78. The van der Waals surface area contributed by atoms with Gasteiger partial charge in [0.1, 0.15) is 17.7 Å². The molecule has 3 nitrogen and oxygen atoms in total. The second-order valence-electron chi connectivity index (χ2n) is 5.50. The van der Waals surface area contributed by atoms with Gasteiger partial charge in [-0.05, 0) is 32.0 Å². The summed E-state index contributed by atoms with van der Waals surface area (Å²) >= 11 is 4.93. The van der Waals surface area contributed by atoms with Gasteiger partial charge in [-0.1, -0.05) is 12.2 Å². The summed E-state index contributed by atoms with van der Waals surface area (Å²) in [5.41, 5.74) is 6.52. The summed E-state index contributed by atoms with van der Waals surface area (Å²) in [6, 6.07) is 5.10. The molecule has 110 valence electrons. The molecule has 0 fully saturated rings. The molecule has 1 aliphatic heterocycles. The summed E-state index contributed by atoms with van der Waals surface area (Å²) in [6.07, 6.45) is 1.53. The number of rotatable bonds is 6. The van der Waals surface area contributed by atoms with Crippen molar-refractivity contribution in [3.8, 4) is 5.75 Å². The molecular formula is C15H21FN2OS. The molecule has 1 aromatic rings. The van der Waals surface area contributed by atoms with Crippen molar-refractivity contribution >= 4 is 17.2 Å². The van der Waals surface area contributed by atoms with Crippen LogP contribution in [0.25, 0.3) is 0 Å². The SMILES string of the molecule is CC(C)N(CCC(N)=S)CC1Cc2cc(F)ccc2O1. The highest BCUT2D eigenvalue weighted by atomic mass is 32.1. The van der Waals surface area contributed by atoms with Crippen LogP contribution in [-0.4, -0.2) is 35.1 Å². The van der Waals surface area contributed by atoms with Crippen molar-refractivity contribution in [1.82, 2.24) is 4.90 Å². The lowest BCUT2D eigenvalue weighted by molar-refractivity contribution is 0.130. The first-order valence-corrected chi connectivity index (χ1v) is 7.34. The number of halogens is 1. The molecule has 0 spiro atoms. The van der Waals surface area contributed by atoms with Gasteiger partial charge < -0.3 is 10.5 Å². The standard InChI is InChI=1S/C15H21FN2OS/c1-10(2)18(6-5-15(17)20)9-13-8-11-7-12(16)3-4-14(11)19-13/h3-4,7,10,13H,5-6,8-9H2,1-2H3,(H2,17,20). The number of nitrogens with two attached hydrogens (primary N) is 1. The number of hydrogen-bond acceptors (Lipinski definition) is 3. The van der Waals surface area contributed by atoms with E-state index in [4.69, 9.17) is 22.7 Å². The highest BCUT2D eigenvalue weighted by Gasteiger charge is 2.26. The maximum atomic E-state index is 13.2.